The van der Waals surface area contributed by atoms with Crippen molar-refractivity contribution >= 4 is 45.0 Å². The van der Waals surface area contributed by atoms with Crippen molar-refractivity contribution in [3.05, 3.63) is 23.2 Å². The predicted molar refractivity (Wildman–Crippen MR) is 110 cm³/mol. The molecule has 1 atom stereocenters. The maximum absolute atomic E-state index is 12.5. The van der Waals surface area contributed by atoms with Crippen LogP contribution in [0.4, 0.5) is 5.69 Å². The number of benzene rings is 1. The van der Waals surface area contributed by atoms with Gasteiger partial charge in [0.05, 0.1) is 19.1 Å². The molecule has 0 aromatic heterocycles. The third-order valence-electron chi connectivity index (χ3n) is 3.40. The van der Waals surface area contributed by atoms with E-state index >= 15 is 0 Å². The molecule has 1 N–H and O–H groups in total. The van der Waals surface area contributed by atoms with Gasteiger partial charge in [-0.25, -0.2) is 8.42 Å². The number of ether oxygens (including phenoxy) is 1. The van der Waals surface area contributed by atoms with Crippen LogP contribution in [0.2, 0.25) is 5.02 Å². The molecular weight excluding hydrogens is 396 g/mol. The van der Waals surface area contributed by atoms with Crippen molar-refractivity contribution in [2.75, 3.05) is 30.0 Å². The second kappa shape index (κ2) is 9.19. The number of halogens is 1. The van der Waals surface area contributed by atoms with E-state index in [1.165, 1.54) is 20.1 Å². The first-order valence-corrected chi connectivity index (χ1v) is 11.3. The third kappa shape index (κ3) is 6.89. The number of sulfonamides is 1. The molecule has 0 spiro atoms. The van der Waals surface area contributed by atoms with E-state index in [4.69, 9.17) is 16.3 Å². The van der Waals surface area contributed by atoms with Crippen molar-refractivity contribution in [1.29, 1.82) is 0 Å². The van der Waals surface area contributed by atoms with Gasteiger partial charge in [-0.1, -0.05) is 32.4 Å². The highest BCUT2D eigenvalue weighted by atomic mass is 35.5. The zero-order chi connectivity index (χ0) is 20.1. The van der Waals surface area contributed by atoms with Gasteiger partial charge in [-0.3, -0.25) is 9.10 Å². The summed E-state index contributed by atoms with van der Waals surface area (Å²) in [5, 5.41) is 3.14. The second-order valence-electron chi connectivity index (χ2n) is 6.80. The Morgan fingerprint density at radius 3 is 2.50 bits per heavy atom. The topological polar surface area (TPSA) is 75.7 Å². The van der Waals surface area contributed by atoms with E-state index in [9.17, 15) is 13.2 Å². The highest BCUT2D eigenvalue weighted by Crippen LogP contribution is 2.34. The molecule has 1 aromatic carbocycles. The molecule has 9 heteroatoms. The zero-order valence-corrected chi connectivity index (χ0v) is 18.4. The minimum absolute atomic E-state index is 0.100. The van der Waals surface area contributed by atoms with Crippen molar-refractivity contribution in [2.24, 2.45) is 0 Å². The largest absolute Gasteiger partial charge is 0.495 e. The molecule has 0 bridgehead atoms. The van der Waals surface area contributed by atoms with Gasteiger partial charge in [-0.2, -0.15) is 11.8 Å². The van der Waals surface area contributed by atoms with Crippen LogP contribution in [-0.2, 0) is 14.8 Å². The first kappa shape index (κ1) is 22.9. The predicted octanol–water partition coefficient (Wildman–Crippen LogP) is 3.15. The molecular formula is C17H27ClN2O4S2. The minimum atomic E-state index is -3.74. The summed E-state index contributed by atoms with van der Waals surface area (Å²) in [6.45, 7) is 8.28. The van der Waals surface area contributed by atoms with E-state index in [1.807, 2.05) is 0 Å². The van der Waals surface area contributed by atoms with Gasteiger partial charge in [0, 0.05) is 22.1 Å². The highest BCUT2D eigenvalue weighted by Gasteiger charge is 2.31. The Hall–Kier alpha value is -1.12. The number of nitrogens with one attached hydrogen (secondary N) is 1. The maximum Gasteiger partial charge on any atom is 0.243 e. The monoisotopic (exact) mass is 422 g/mol. The molecule has 0 saturated heterocycles. The Kier molecular flexibility index (Phi) is 8.10. The Balaban J connectivity index is 3.01. The number of hydrogen-bond donors (Lipinski definition) is 1. The number of anilines is 1. The van der Waals surface area contributed by atoms with E-state index in [-0.39, 0.29) is 16.3 Å². The molecule has 0 aliphatic heterocycles. The average Bonchev–Trinajstić information content (AvgIpc) is 2.49. The number of amides is 1. The van der Waals surface area contributed by atoms with Crippen LogP contribution < -0.4 is 14.4 Å². The number of nitrogens with zero attached hydrogens (tertiary/aromatic N) is 1. The van der Waals surface area contributed by atoms with Crippen LogP contribution in [0.15, 0.2) is 18.2 Å². The van der Waals surface area contributed by atoms with E-state index in [1.54, 1.807) is 23.9 Å². The van der Waals surface area contributed by atoms with Gasteiger partial charge in [0.1, 0.15) is 11.8 Å². The van der Waals surface area contributed by atoms with Crippen LogP contribution in [0.3, 0.4) is 0 Å². The van der Waals surface area contributed by atoms with Crippen LogP contribution in [0.5, 0.6) is 5.75 Å². The number of thioether (sulfide) groups is 1. The molecule has 6 nitrogen and oxygen atoms in total. The van der Waals surface area contributed by atoms with Crippen LogP contribution in [-0.4, -0.2) is 50.8 Å². The van der Waals surface area contributed by atoms with Crippen LogP contribution in [0.25, 0.3) is 0 Å². The molecule has 0 heterocycles. The summed E-state index contributed by atoms with van der Waals surface area (Å²) in [7, 11) is -2.30. The molecule has 0 radical (unpaired) electrons. The third-order valence-corrected chi connectivity index (χ3v) is 6.14. The molecule has 1 rings (SSSR count). The van der Waals surface area contributed by atoms with E-state index < -0.39 is 16.1 Å². The lowest BCUT2D eigenvalue weighted by molar-refractivity contribution is -0.121. The van der Waals surface area contributed by atoms with Crippen molar-refractivity contribution in [1.82, 2.24) is 5.32 Å². The number of rotatable bonds is 8. The fourth-order valence-corrected chi connectivity index (χ4v) is 4.45. The quantitative estimate of drug-likeness (QED) is 0.651. The summed E-state index contributed by atoms with van der Waals surface area (Å²) in [6.07, 6.45) is 1.05. The molecule has 0 unspecified atom stereocenters. The van der Waals surface area contributed by atoms with Gasteiger partial charge in [0.25, 0.3) is 0 Å². The summed E-state index contributed by atoms with van der Waals surface area (Å²) in [5.41, 5.74) is 0.231. The summed E-state index contributed by atoms with van der Waals surface area (Å²) in [4.78, 5) is 12.5. The Labute approximate surface area is 165 Å². The summed E-state index contributed by atoms with van der Waals surface area (Å²) >= 11 is 7.74. The van der Waals surface area contributed by atoms with E-state index in [2.05, 4.69) is 26.1 Å². The Morgan fingerprint density at radius 2 is 2.00 bits per heavy atom. The average molecular weight is 423 g/mol. The lowest BCUT2D eigenvalue weighted by Crippen LogP contribution is -2.48. The smallest absolute Gasteiger partial charge is 0.243 e. The number of carbonyl (C=O) groups excluding carboxylic acids is 1. The molecule has 0 fully saturated rings. The van der Waals surface area contributed by atoms with Gasteiger partial charge < -0.3 is 10.1 Å². The summed E-state index contributed by atoms with van der Waals surface area (Å²) in [6, 6.07) is 3.69. The molecule has 148 valence electrons. The van der Waals surface area contributed by atoms with Gasteiger partial charge in [0.15, 0.2) is 0 Å². The molecule has 26 heavy (non-hydrogen) atoms. The first-order chi connectivity index (χ1) is 11.9. The van der Waals surface area contributed by atoms with Gasteiger partial charge >= 0.3 is 0 Å². The zero-order valence-electron chi connectivity index (χ0n) is 16.0. The van der Waals surface area contributed by atoms with E-state index in [0.29, 0.717) is 17.3 Å². The van der Waals surface area contributed by atoms with Crippen molar-refractivity contribution in [3.8, 4) is 5.75 Å². The van der Waals surface area contributed by atoms with Crippen molar-refractivity contribution < 1.29 is 17.9 Å². The summed E-state index contributed by atoms with van der Waals surface area (Å²) < 4.78 is 31.1. The second-order valence-corrected chi connectivity index (χ2v) is 11.0. The maximum atomic E-state index is 12.5. The van der Waals surface area contributed by atoms with Crippen LogP contribution in [0.1, 0.15) is 27.7 Å². The summed E-state index contributed by atoms with van der Waals surface area (Å²) in [5.74, 6) is 0.677. The molecule has 0 aliphatic carbocycles. The minimum Gasteiger partial charge on any atom is -0.495 e. The number of hydrogen-bond acceptors (Lipinski definition) is 5. The highest BCUT2D eigenvalue weighted by molar-refractivity contribution is 8.00. The number of carbonyl (C=O) groups is 1. The van der Waals surface area contributed by atoms with E-state index in [0.717, 1.165) is 16.3 Å². The lowest BCUT2D eigenvalue weighted by Gasteiger charge is -2.29. The molecule has 0 aliphatic rings. The Bertz CT molecular complexity index is 733. The fourth-order valence-electron chi connectivity index (χ4n) is 2.30. The van der Waals surface area contributed by atoms with Crippen LogP contribution in [0, 0.1) is 0 Å². The van der Waals surface area contributed by atoms with Gasteiger partial charge in [-0.15, -0.1) is 0 Å². The molecule has 1 aromatic rings. The lowest BCUT2D eigenvalue weighted by atomic mass is 10.2. The van der Waals surface area contributed by atoms with Gasteiger partial charge in [0.2, 0.25) is 15.9 Å². The van der Waals surface area contributed by atoms with Crippen molar-refractivity contribution in [2.45, 2.75) is 38.5 Å². The first-order valence-electron chi connectivity index (χ1n) is 8.11. The molecule has 0 saturated carbocycles. The fraction of sp³-hybridized carbons (Fsp3) is 0.588. The van der Waals surface area contributed by atoms with Gasteiger partial charge in [-0.05, 0) is 25.1 Å². The standard InChI is InChI=1S/C17H27ClN2O4S2/c1-12(16(21)19-9-10-25-17(2,3)4)20(26(6,22)23)14-11-13(18)7-8-15(14)24-5/h7-8,11-12H,9-10H2,1-6H3,(H,19,21)/t12-/m0/s1. The van der Waals surface area contributed by atoms with Crippen molar-refractivity contribution in [3.63, 3.8) is 0 Å². The SMILES string of the molecule is COc1ccc(Cl)cc1N([C@@H](C)C(=O)NCCSC(C)(C)C)S(C)(=O)=O. The number of methoxy groups -OCH3 is 1. The van der Waals surface area contributed by atoms with Crippen LogP contribution >= 0.6 is 23.4 Å². The normalized spacial score (nSPS) is 13.2. The molecule has 1 amide bonds. The Morgan fingerprint density at radius 1 is 1.38 bits per heavy atom.